The number of hydrogen-bond acceptors (Lipinski definition) is 4. The molecule has 0 atom stereocenters. The van der Waals surface area contributed by atoms with Gasteiger partial charge in [0.25, 0.3) is 0 Å². The van der Waals surface area contributed by atoms with Gasteiger partial charge in [0.15, 0.2) is 5.43 Å². The van der Waals surface area contributed by atoms with Gasteiger partial charge in [0, 0.05) is 37.5 Å². The molecule has 0 spiro atoms. The Balaban J connectivity index is 2.15. The summed E-state index contributed by atoms with van der Waals surface area (Å²) < 4.78 is 11.1. The van der Waals surface area contributed by atoms with Crippen molar-refractivity contribution in [2.24, 2.45) is 0 Å². The number of nitrogens with zero attached hydrogens (tertiary/aromatic N) is 1. The summed E-state index contributed by atoms with van der Waals surface area (Å²) in [6.07, 6.45) is 0. The summed E-state index contributed by atoms with van der Waals surface area (Å²) in [4.78, 5) is 14.3. The zero-order valence-corrected chi connectivity index (χ0v) is 12.8. The number of rotatable bonds is 3. The van der Waals surface area contributed by atoms with Gasteiger partial charge >= 0.3 is 0 Å². The Morgan fingerprint density at radius 2 is 1.73 bits per heavy atom. The Hall–Kier alpha value is -2.75. The lowest BCUT2D eigenvalue weighted by molar-refractivity contribution is 0.415. The third-order valence-corrected chi connectivity index (χ3v) is 3.60. The molecule has 0 amide bonds. The first-order valence-corrected chi connectivity index (χ1v) is 6.98. The molecule has 3 rings (SSSR count). The number of benzene rings is 2. The molecule has 0 aliphatic rings. The molecular weight excluding hydrogens is 278 g/mol. The van der Waals surface area contributed by atoms with Crippen molar-refractivity contribution in [2.75, 3.05) is 26.1 Å². The summed E-state index contributed by atoms with van der Waals surface area (Å²) in [5.74, 6) is 1.32. The first-order valence-electron chi connectivity index (χ1n) is 6.98. The highest BCUT2D eigenvalue weighted by molar-refractivity contribution is 5.82. The lowest BCUT2D eigenvalue weighted by Crippen LogP contribution is -2.09. The van der Waals surface area contributed by atoms with Crippen LogP contribution >= 0.6 is 0 Å². The van der Waals surface area contributed by atoms with E-state index in [1.54, 1.807) is 13.2 Å². The van der Waals surface area contributed by atoms with Crippen LogP contribution in [0.4, 0.5) is 5.69 Å². The minimum absolute atomic E-state index is 0.0441. The minimum atomic E-state index is -0.0441. The molecule has 22 heavy (non-hydrogen) atoms. The molecule has 0 unspecified atom stereocenters. The van der Waals surface area contributed by atoms with E-state index in [-0.39, 0.29) is 5.43 Å². The van der Waals surface area contributed by atoms with E-state index in [1.807, 2.05) is 55.4 Å². The van der Waals surface area contributed by atoms with Crippen LogP contribution in [0.25, 0.3) is 22.3 Å². The fourth-order valence-corrected chi connectivity index (χ4v) is 2.32. The Morgan fingerprint density at radius 3 is 2.36 bits per heavy atom. The average molecular weight is 295 g/mol. The highest BCUT2D eigenvalue weighted by atomic mass is 16.5. The van der Waals surface area contributed by atoms with Crippen molar-refractivity contribution in [1.29, 1.82) is 0 Å². The molecule has 4 heteroatoms. The maximum atomic E-state index is 12.3. The van der Waals surface area contributed by atoms with Crippen LogP contribution in [0.5, 0.6) is 5.75 Å². The molecule has 4 nitrogen and oxygen atoms in total. The van der Waals surface area contributed by atoms with Crippen molar-refractivity contribution < 1.29 is 9.15 Å². The van der Waals surface area contributed by atoms with Gasteiger partial charge in [-0.3, -0.25) is 4.79 Å². The van der Waals surface area contributed by atoms with Crippen molar-refractivity contribution in [3.8, 4) is 17.1 Å². The van der Waals surface area contributed by atoms with E-state index in [9.17, 15) is 4.79 Å². The van der Waals surface area contributed by atoms with E-state index in [0.717, 1.165) is 17.0 Å². The summed E-state index contributed by atoms with van der Waals surface area (Å²) in [6, 6.07) is 14.5. The van der Waals surface area contributed by atoms with Gasteiger partial charge in [0.1, 0.15) is 17.1 Å². The van der Waals surface area contributed by atoms with Gasteiger partial charge < -0.3 is 14.1 Å². The average Bonchev–Trinajstić information content (AvgIpc) is 2.54. The van der Waals surface area contributed by atoms with Gasteiger partial charge in [-0.1, -0.05) is 0 Å². The van der Waals surface area contributed by atoms with Gasteiger partial charge in [-0.15, -0.1) is 0 Å². The molecular formula is C18H17NO3. The SMILES string of the molecule is COc1ccc(-c2cc(=O)c3ccc(N(C)C)cc3o2)cc1. The van der Waals surface area contributed by atoms with Crippen molar-refractivity contribution in [3.05, 3.63) is 58.8 Å². The Kier molecular flexibility index (Phi) is 3.59. The van der Waals surface area contributed by atoms with Crippen LogP contribution in [0.1, 0.15) is 0 Å². The monoisotopic (exact) mass is 295 g/mol. The number of fused-ring (bicyclic) bond motifs is 1. The zero-order chi connectivity index (χ0) is 15.7. The lowest BCUT2D eigenvalue weighted by atomic mass is 10.1. The van der Waals surface area contributed by atoms with Crippen LogP contribution in [0.2, 0.25) is 0 Å². The van der Waals surface area contributed by atoms with Gasteiger partial charge in [-0.05, 0) is 36.4 Å². The largest absolute Gasteiger partial charge is 0.497 e. The van der Waals surface area contributed by atoms with E-state index < -0.39 is 0 Å². The molecule has 1 aromatic heterocycles. The molecule has 2 aromatic carbocycles. The molecule has 0 aliphatic carbocycles. The van der Waals surface area contributed by atoms with E-state index in [4.69, 9.17) is 9.15 Å². The van der Waals surface area contributed by atoms with Crippen LogP contribution in [0, 0.1) is 0 Å². The number of ether oxygens (including phenoxy) is 1. The zero-order valence-electron chi connectivity index (χ0n) is 12.8. The molecule has 112 valence electrons. The molecule has 0 fully saturated rings. The number of hydrogen-bond donors (Lipinski definition) is 0. The first-order chi connectivity index (χ1) is 10.6. The topological polar surface area (TPSA) is 42.7 Å². The second kappa shape index (κ2) is 5.56. The quantitative estimate of drug-likeness (QED) is 0.741. The van der Waals surface area contributed by atoms with E-state index in [0.29, 0.717) is 16.7 Å². The predicted octanol–water partition coefficient (Wildman–Crippen LogP) is 3.53. The van der Waals surface area contributed by atoms with Gasteiger partial charge in [0.05, 0.1) is 12.5 Å². The lowest BCUT2D eigenvalue weighted by Gasteiger charge is -2.12. The summed E-state index contributed by atoms with van der Waals surface area (Å²) in [6.45, 7) is 0. The van der Waals surface area contributed by atoms with Gasteiger partial charge in [-0.2, -0.15) is 0 Å². The predicted molar refractivity (Wildman–Crippen MR) is 88.8 cm³/mol. The third kappa shape index (κ3) is 2.55. The molecule has 0 N–H and O–H groups in total. The summed E-state index contributed by atoms with van der Waals surface area (Å²) in [7, 11) is 5.52. The normalized spacial score (nSPS) is 10.7. The Bertz CT molecular complexity index is 864. The smallest absolute Gasteiger partial charge is 0.193 e. The molecule has 0 bridgehead atoms. The van der Waals surface area contributed by atoms with Crippen molar-refractivity contribution in [1.82, 2.24) is 0 Å². The van der Waals surface area contributed by atoms with E-state index >= 15 is 0 Å². The molecule has 0 saturated heterocycles. The Morgan fingerprint density at radius 1 is 1.00 bits per heavy atom. The third-order valence-electron chi connectivity index (χ3n) is 3.60. The summed E-state index contributed by atoms with van der Waals surface area (Å²) >= 11 is 0. The fourth-order valence-electron chi connectivity index (χ4n) is 2.32. The summed E-state index contributed by atoms with van der Waals surface area (Å²) in [5, 5.41) is 0.586. The van der Waals surface area contributed by atoms with E-state index in [2.05, 4.69) is 0 Å². The standard InChI is InChI=1S/C18H17NO3/c1-19(2)13-6-9-15-16(20)11-17(22-18(15)10-13)12-4-7-14(21-3)8-5-12/h4-11H,1-3H3. The van der Waals surface area contributed by atoms with Crippen molar-refractivity contribution in [2.45, 2.75) is 0 Å². The van der Waals surface area contributed by atoms with E-state index in [1.165, 1.54) is 6.07 Å². The van der Waals surface area contributed by atoms with Crippen molar-refractivity contribution >= 4 is 16.7 Å². The Labute approximate surface area is 128 Å². The molecule has 0 radical (unpaired) electrons. The maximum Gasteiger partial charge on any atom is 0.193 e. The maximum absolute atomic E-state index is 12.3. The van der Waals surface area contributed by atoms with Crippen LogP contribution in [0.15, 0.2) is 57.7 Å². The molecule has 0 saturated carbocycles. The number of anilines is 1. The van der Waals surface area contributed by atoms with Crippen LogP contribution in [-0.2, 0) is 0 Å². The van der Waals surface area contributed by atoms with Crippen LogP contribution in [0.3, 0.4) is 0 Å². The number of methoxy groups -OCH3 is 1. The van der Waals surface area contributed by atoms with Crippen LogP contribution < -0.4 is 15.1 Å². The van der Waals surface area contributed by atoms with Gasteiger partial charge in [-0.25, -0.2) is 0 Å². The highest BCUT2D eigenvalue weighted by Crippen LogP contribution is 2.26. The second-order valence-electron chi connectivity index (χ2n) is 5.28. The summed E-state index contributed by atoms with van der Waals surface area (Å²) in [5.41, 5.74) is 2.37. The first kappa shape index (κ1) is 14.2. The molecule has 0 aliphatic heterocycles. The van der Waals surface area contributed by atoms with Gasteiger partial charge in [0.2, 0.25) is 0 Å². The molecule has 1 heterocycles. The highest BCUT2D eigenvalue weighted by Gasteiger charge is 2.08. The minimum Gasteiger partial charge on any atom is -0.497 e. The second-order valence-corrected chi connectivity index (χ2v) is 5.28. The molecule has 3 aromatic rings. The van der Waals surface area contributed by atoms with Crippen molar-refractivity contribution in [3.63, 3.8) is 0 Å². The van der Waals surface area contributed by atoms with Crippen LogP contribution in [-0.4, -0.2) is 21.2 Å². The fraction of sp³-hybridized carbons (Fsp3) is 0.167.